The van der Waals surface area contributed by atoms with Crippen molar-refractivity contribution in [3.63, 3.8) is 0 Å². The van der Waals surface area contributed by atoms with Gasteiger partial charge >= 0.3 is 0 Å². The van der Waals surface area contributed by atoms with Crippen LogP contribution in [0.5, 0.6) is 23.0 Å². The Balaban J connectivity index is 1.46. The third-order valence-corrected chi connectivity index (χ3v) is 12.8. The lowest BCUT2D eigenvalue weighted by Gasteiger charge is -2.26. The Morgan fingerprint density at radius 2 is 1.44 bits per heavy atom. The number of nitrogens with two attached hydrogens (primary N) is 2. The molecule has 2 amide bonds. The van der Waals surface area contributed by atoms with Crippen LogP contribution < -0.4 is 35.7 Å². The highest BCUT2D eigenvalue weighted by molar-refractivity contribution is 5.95. The number of primary amides is 1. The van der Waals surface area contributed by atoms with E-state index in [0.29, 0.717) is 55.2 Å². The van der Waals surface area contributed by atoms with Gasteiger partial charge in [-0.05, 0) is 135 Å². The van der Waals surface area contributed by atoms with Gasteiger partial charge in [0.25, 0.3) is 5.91 Å². The number of hydrogen-bond acceptors (Lipinski definition) is 11. The first kappa shape index (κ1) is 56.4. The summed E-state index contributed by atoms with van der Waals surface area (Å²) in [6.07, 6.45) is 3.52. The minimum absolute atomic E-state index is 0.0427. The molecule has 0 fully saturated rings. The standard InChI is InChI=1S/C58H70N6O9/c1-7-42-32-48(72-26-9-8-25-62-64-61)22-23-49(42)43-15-13-40(14-16-43)31-45(33-54(66)52(59)30-39(4)65)58(69)63-53(12-10-11-41-28-37(2)27-38(3)29-41)55(67)35-51(50-24-21-47(70-5)34-56(50)71-6)44-17-19-46(20-18-44)73-36-57(60)68/h13-24,27-29,32,34,45,51-53H,7-12,25-26,30-31,33,35-36,59H2,1-6H3,(H2,60,68)(H,63,69)/t45-,51?,52+,53+/m1/s1. The van der Waals surface area contributed by atoms with Crippen molar-refractivity contribution in [3.05, 3.63) is 153 Å². The van der Waals surface area contributed by atoms with E-state index in [2.05, 4.69) is 40.5 Å². The maximum atomic E-state index is 15.0. The van der Waals surface area contributed by atoms with Crippen molar-refractivity contribution < 1.29 is 42.9 Å². The Morgan fingerprint density at radius 3 is 2.08 bits per heavy atom. The molecule has 0 heterocycles. The first-order valence-electron chi connectivity index (χ1n) is 24.9. The number of nitrogens with one attached hydrogen (secondary N) is 1. The van der Waals surface area contributed by atoms with Gasteiger partial charge in [0.1, 0.15) is 28.8 Å². The van der Waals surface area contributed by atoms with Gasteiger partial charge in [0.05, 0.1) is 32.9 Å². The van der Waals surface area contributed by atoms with Crippen molar-refractivity contribution in [1.29, 1.82) is 0 Å². The second kappa shape index (κ2) is 28.5. The highest BCUT2D eigenvalue weighted by atomic mass is 16.5. The van der Waals surface area contributed by atoms with E-state index in [1.165, 1.54) is 6.92 Å². The molecule has 0 saturated carbocycles. The van der Waals surface area contributed by atoms with E-state index < -0.39 is 41.5 Å². The van der Waals surface area contributed by atoms with Crippen LogP contribution in [0.15, 0.2) is 108 Å². The third kappa shape index (κ3) is 17.7. The summed E-state index contributed by atoms with van der Waals surface area (Å²) in [7, 11) is 3.10. The molecule has 1 unspecified atom stereocenters. The van der Waals surface area contributed by atoms with E-state index in [-0.39, 0.29) is 43.9 Å². The molecule has 0 spiro atoms. The van der Waals surface area contributed by atoms with E-state index in [1.54, 1.807) is 38.5 Å². The highest BCUT2D eigenvalue weighted by Crippen LogP contribution is 2.38. The molecule has 0 bridgehead atoms. The highest BCUT2D eigenvalue weighted by Gasteiger charge is 2.32. The zero-order valence-electron chi connectivity index (χ0n) is 43.0. The summed E-state index contributed by atoms with van der Waals surface area (Å²) in [5, 5.41) is 6.69. The van der Waals surface area contributed by atoms with Gasteiger partial charge in [-0.1, -0.05) is 89.9 Å². The largest absolute Gasteiger partial charge is 0.497 e. The second-order valence-corrected chi connectivity index (χ2v) is 18.6. The molecular formula is C58H70N6O9. The average molecular weight is 995 g/mol. The smallest absolute Gasteiger partial charge is 0.255 e. The van der Waals surface area contributed by atoms with Crippen molar-refractivity contribution >= 4 is 29.2 Å². The molecule has 0 aliphatic carbocycles. The summed E-state index contributed by atoms with van der Waals surface area (Å²) in [6, 6.07) is 30.6. The Bertz CT molecular complexity index is 2700. The predicted octanol–water partition coefficient (Wildman–Crippen LogP) is 9.61. The summed E-state index contributed by atoms with van der Waals surface area (Å²) in [4.78, 5) is 69.9. The van der Waals surface area contributed by atoms with Gasteiger partial charge in [-0.15, -0.1) is 0 Å². The Hall–Kier alpha value is -7.48. The van der Waals surface area contributed by atoms with E-state index in [9.17, 15) is 19.2 Å². The molecule has 0 aliphatic rings. The molecule has 0 saturated heterocycles. The number of unbranched alkanes of at least 4 members (excludes halogenated alkanes) is 1. The number of ketones is 3. The van der Waals surface area contributed by atoms with Gasteiger partial charge in [0.15, 0.2) is 18.2 Å². The second-order valence-electron chi connectivity index (χ2n) is 18.6. The normalized spacial score (nSPS) is 12.6. The van der Waals surface area contributed by atoms with E-state index in [0.717, 1.165) is 69.5 Å². The van der Waals surface area contributed by atoms with Crippen LogP contribution in [0.25, 0.3) is 21.6 Å². The number of rotatable bonds is 31. The molecule has 15 heteroatoms. The molecular weight excluding hydrogens is 925 g/mol. The molecule has 0 radical (unpaired) electrons. The number of nitrogens with zero attached hydrogens (tertiary/aromatic N) is 3. The fourth-order valence-electron chi connectivity index (χ4n) is 9.07. The number of methoxy groups -OCH3 is 2. The number of carbonyl (C=O) groups is 5. The van der Waals surface area contributed by atoms with Crippen LogP contribution in [0.3, 0.4) is 0 Å². The zero-order chi connectivity index (χ0) is 52.9. The number of ether oxygens (including phenoxy) is 4. The molecule has 0 aromatic heterocycles. The first-order chi connectivity index (χ1) is 35.1. The Labute approximate surface area is 429 Å². The van der Waals surface area contributed by atoms with Crippen molar-refractivity contribution in [3.8, 4) is 34.1 Å². The average Bonchev–Trinajstić information content (AvgIpc) is 3.37. The summed E-state index contributed by atoms with van der Waals surface area (Å²) in [5.41, 5.74) is 28.8. The fourth-order valence-corrected chi connectivity index (χ4v) is 9.07. The summed E-state index contributed by atoms with van der Waals surface area (Å²) in [6.45, 7) is 8.17. The molecule has 73 heavy (non-hydrogen) atoms. The molecule has 15 nitrogen and oxygen atoms in total. The fraction of sp³-hybridized carbons (Fsp3) is 0.397. The summed E-state index contributed by atoms with van der Waals surface area (Å²) < 4.78 is 22.9. The molecule has 5 aromatic carbocycles. The number of carbonyl (C=O) groups excluding carboxylic acids is 5. The van der Waals surface area contributed by atoms with Crippen LogP contribution >= 0.6 is 0 Å². The van der Waals surface area contributed by atoms with E-state index >= 15 is 4.79 Å². The van der Waals surface area contributed by atoms with Crippen molar-refractivity contribution in [2.24, 2.45) is 22.5 Å². The monoisotopic (exact) mass is 995 g/mol. The lowest BCUT2D eigenvalue weighted by Crippen LogP contribution is -2.46. The number of Topliss-reactive ketones (excluding diaryl/α,β-unsaturated/α-hetero) is 3. The van der Waals surface area contributed by atoms with Crippen molar-refractivity contribution in [2.45, 2.75) is 110 Å². The molecule has 5 N–H and O–H groups in total. The number of hydrogen-bond donors (Lipinski definition) is 3. The minimum atomic E-state index is -1.09. The van der Waals surface area contributed by atoms with Gasteiger partial charge in [-0.3, -0.25) is 24.0 Å². The zero-order valence-corrected chi connectivity index (χ0v) is 43.0. The quantitative estimate of drug-likeness (QED) is 0.0165. The molecule has 0 aliphatic heterocycles. The summed E-state index contributed by atoms with van der Waals surface area (Å²) >= 11 is 0. The van der Waals surface area contributed by atoms with Crippen LogP contribution in [0.2, 0.25) is 0 Å². The van der Waals surface area contributed by atoms with E-state index in [1.807, 2.05) is 74.5 Å². The number of amides is 2. The number of benzene rings is 5. The molecule has 4 atom stereocenters. The predicted molar refractivity (Wildman–Crippen MR) is 283 cm³/mol. The topological polar surface area (TPSA) is 235 Å². The lowest BCUT2D eigenvalue weighted by atomic mass is 9.84. The van der Waals surface area contributed by atoms with Gasteiger partial charge in [0, 0.05) is 54.2 Å². The van der Waals surface area contributed by atoms with Crippen molar-refractivity contribution in [2.75, 3.05) is 34.0 Å². The van der Waals surface area contributed by atoms with Gasteiger partial charge in [0.2, 0.25) is 5.91 Å². The first-order valence-corrected chi connectivity index (χ1v) is 24.9. The Morgan fingerprint density at radius 1 is 0.740 bits per heavy atom. The van der Waals surface area contributed by atoms with Crippen LogP contribution in [0.4, 0.5) is 0 Å². The maximum Gasteiger partial charge on any atom is 0.255 e. The molecule has 5 aromatic rings. The van der Waals surface area contributed by atoms with Crippen LogP contribution in [-0.2, 0) is 43.2 Å². The van der Waals surface area contributed by atoms with Gasteiger partial charge in [-0.25, -0.2) is 0 Å². The van der Waals surface area contributed by atoms with Gasteiger partial charge < -0.3 is 35.7 Å². The number of aryl methyl sites for hydroxylation is 4. The van der Waals surface area contributed by atoms with Gasteiger partial charge in [-0.2, -0.15) is 0 Å². The van der Waals surface area contributed by atoms with Crippen LogP contribution in [0, 0.1) is 19.8 Å². The van der Waals surface area contributed by atoms with Crippen LogP contribution in [-0.4, -0.2) is 75.2 Å². The maximum absolute atomic E-state index is 15.0. The molecule has 386 valence electrons. The Kier molecular flexibility index (Phi) is 22.1. The number of azide groups is 1. The van der Waals surface area contributed by atoms with Crippen LogP contribution in [0.1, 0.15) is 104 Å². The SMILES string of the molecule is CCc1cc(OCCCCN=[N+]=[N-])ccc1-c1ccc(C[C@H](CC(=O)[C@@H](N)CC(C)=O)C(=O)N[C@@H](CCCc2cc(C)cc(C)c2)C(=O)CC(c2ccc(OCC(N)=O)cc2)c2ccc(OC)cc2OC)cc1. The summed E-state index contributed by atoms with van der Waals surface area (Å²) in [5.74, 6) is -1.25. The minimum Gasteiger partial charge on any atom is -0.497 e. The third-order valence-electron chi connectivity index (χ3n) is 12.8. The molecule has 5 rings (SSSR count). The lowest BCUT2D eigenvalue weighted by molar-refractivity contribution is -0.133. The van der Waals surface area contributed by atoms with E-state index in [4.69, 9.17) is 35.9 Å². The van der Waals surface area contributed by atoms with Crippen molar-refractivity contribution in [1.82, 2.24) is 5.32 Å².